The predicted octanol–water partition coefficient (Wildman–Crippen LogP) is 3.79. The number of carbonyl (C=O) groups is 2. The van der Waals surface area contributed by atoms with Gasteiger partial charge >= 0.3 is 12.0 Å². The van der Waals surface area contributed by atoms with Gasteiger partial charge < -0.3 is 25.8 Å². The van der Waals surface area contributed by atoms with Crippen LogP contribution in [-0.4, -0.2) is 32.2 Å². The minimum absolute atomic E-state index is 0.0871. The smallest absolute Gasteiger partial charge is 0.358 e. The van der Waals surface area contributed by atoms with Crippen LogP contribution in [0, 0.1) is 0 Å². The van der Waals surface area contributed by atoms with Crippen molar-refractivity contribution in [2.24, 2.45) is 0 Å². The number of hydrogen-bond donors (Lipinski definition) is 5. The molecule has 29 heavy (non-hydrogen) atoms. The number of aromatic carboxylic acids is 1. The summed E-state index contributed by atoms with van der Waals surface area (Å²) in [4.78, 5) is 41.1. The molecule has 0 saturated carbocycles. The van der Waals surface area contributed by atoms with Crippen LogP contribution in [0.1, 0.15) is 10.5 Å². The number of aromatic amines is 1. The number of amides is 2. The Kier molecular flexibility index (Phi) is 5.71. The lowest BCUT2D eigenvalue weighted by Crippen LogP contribution is -2.19. The van der Waals surface area contributed by atoms with Crippen molar-refractivity contribution >= 4 is 46.6 Å². The minimum atomic E-state index is -1.55. The molecule has 3 rings (SSSR count). The Balaban J connectivity index is 1.84. The normalized spacial score (nSPS) is 10.4. The van der Waals surface area contributed by atoms with Crippen LogP contribution < -0.4 is 16.2 Å². The zero-order valence-electron chi connectivity index (χ0n) is 14.4. The first kappa shape index (κ1) is 20.2. The van der Waals surface area contributed by atoms with Crippen molar-refractivity contribution in [3.05, 3.63) is 68.6 Å². The van der Waals surface area contributed by atoms with E-state index in [0.717, 1.165) is 0 Å². The van der Waals surface area contributed by atoms with Crippen LogP contribution in [-0.2, 0) is 0 Å². The summed E-state index contributed by atoms with van der Waals surface area (Å²) in [6.07, 6.45) is 0. The number of anilines is 2. The van der Waals surface area contributed by atoms with Gasteiger partial charge in [0.2, 0.25) is 5.75 Å². The largest absolute Gasteiger partial charge is 0.501 e. The highest BCUT2D eigenvalue weighted by molar-refractivity contribution is 6.35. The molecule has 0 aliphatic heterocycles. The summed E-state index contributed by atoms with van der Waals surface area (Å²) < 4.78 is 0. The lowest BCUT2D eigenvalue weighted by molar-refractivity contribution is 0.0686. The number of hydrogen-bond acceptors (Lipinski definition) is 5. The van der Waals surface area contributed by atoms with Gasteiger partial charge in [-0.1, -0.05) is 35.3 Å². The Hall–Kier alpha value is -3.56. The molecule has 0 spiro atoms. The third kappa shape index (κ3) is 4.84. The van der Waals surface area contributed by atoms with Gasteiger partial charge in [0.1, 0.15) is 5.82 Å². The number of carboxylic acid groups (broad SMARTS) is 1. The van der Waals surface area contributed by atoms with Crippen LogP contribution in [0.4, 0.5) is 16.2 Å². The Morgan fingerprint density at radius 2 is 1.66 bits per heavy atom. The predicted molar refractivity (Wildman–Crippen MR) is 108 cm³/mol. The number of aromatic nitrogens is 2. The van der Waals surface area contributed by atoms with E-state index >= 15 is 0 Å². The molecule has 3 aromatic rings. The van der Waals surface area contributed by atoms with Gasteiger partial charge in [-0.25, -0.2) is 14.6 Å². The lowest BCUT2D eigenvalue weighted by atomic mass is 10.2. The van der Waals surface area contributed by atoms with Gasteiger partial charge in [-0.3, -0.25) is 4.79 Å². The van der Waals surface area contributed by atoms with E-state index in [-0.39, 0.29) is 5.82 Å². The van der Waals surface area contributed by atoms with E-state index in [9.17, 15) is 19.5 Å². The quantitative estimate of drug-likeness (QED) is 0.422. The molecule has 0 fully saturated rings. The van der Waals surface area contributed by atoms with Crippen molar-refractivity contribution in [2.45, 2.75) is 0 Å². The van der Waals surface area contributed by atoms with E-state index < -0.39 is 29.0 Å². The maximum Gasteiger partial charge on any atom is 0.358 e. The molecule has 0 radical (unpaired) electrons. The van der Waals surface area contributed by atoms with Gasteiger partial charge in [0.05, 0.1) is 0 Å². The third-order valence-corrected chi connectivity index (χ3v) is 4.05. The van der Waals surface area contributed by atoms with Gasteiger partial charge in [0, 0.05) is 27.0 Å². The number of carboxylic acids is 1. The van der Waals surface area contributed by atoms with E-state index in [1.54, 1.807) is 18.2 Å². The molecular formula is C18H12Cl2N4O5. The number of aromatic hydroxyl groups is 1. The first-order valence-electron chi connectivity index (χ1n) is 7.94. The van der Waals surface area contributed by atoms with Crippen LogP contribution in [0.2, 0.25) is 10.0 Å². The lowest BCUT2D eigenvalue weighted by Gasteiger charge is -2.10. The number of halogens is 2. The van der Waals surface area contributed by atoms with Crippen molar-refractivity contribution < 1.29 is 19.8 Å². The summed E-state index contributed by atoms with van der Waals surface area (Å²) in [5.74, 6) is -2.63. The summed E-state index contributed by atoms with van der Waals surface area (Å²) in [5, 5.41) is 24.4. The molecule has 2 aromatic carbocycles. The number of rotatable bonds is 4. The third-order valence-electron chi connectivity index (χ3n) is 3.61. The summed E-state index contributed by atoms with van der Waals surface area (Å²) in [7, 11) is 0. The highest BCUT2D eigenvalue weighted by atomic mass is 35.5. The fourth-order valence-electron chi connectivity index (χ4n) is 2.42. The second-order valence-electron chi connectivity index (χ2n) is 5.73. The molecule has 0 bridgehead atoms. The molecule has 5 N–H and O–H groups in total. The average molecular weight is 435 g/mol. The van der Waals surface area contributed by atoms with E-state index in [1.807, 2.05) is 0 Å². The maximum atomic E-state index is 12.2. The molecule has 9 nitrogen and oxygen atoms in total. The number of nitrogens with one attached hydrogen (secondary N) is 3. The first-order valence-corrected chi connectivity index (χ1v) is 8.69. The average Bonchev–Trinajstić information content (AvgIpc) is 2.62. The Morgan fingerprint density at radius 1 is 1.00 bits per heavy atom. The Labute approximate surface area is 172 Å². The highest BCUT2D eigenvalue weighted by Gasteiger charge is 2.17. The zero-order valence-corrected chi connectivity index (χ0v) is 15.9. The molecule has 148 valence electrons. The van der Waals surface area contributed by atoms with Gasteiger partial charge in [-0.2, -0.15) is 0 Å². The molecule has 0 unspecified atom stereocenters. The van der Waals surface area contributed by atoms with Crippen LogP contribution in [0.3, 0.4) is 0 Å². The highest BCUT2D eigenvalue weighted by Crippen LogP contribution is 2.23. The molecule has 11 heteroatoms. The molecule has 0 aliphatic carbocycles. The molecular weight excluding hydrogens is 423 g/mol. The number of benzene rings is 2. The van der Waals surface area contributed by atoms with E-state index in [1.165, 1.54) is 24.3 Å². The molecule has 0 aliphatic rings. The van der Waals surface area contributed by atoms with Gasteiger partial charge in [0.15, 0.2) is 5.69 Å². The molecule has 2 amide bonds. The standard InChI is InChI=1S/C18H12Cl2N4O5/c19-9-5-10(20)7-12(6-9)22-18(29)21-11-3-1-2-8(4-11)15-23-13(17(27)28)14(25)16(26)24-15/h1-7,25H,(H,27,28)(H2,21,22,29)(H,23,24,26). The summed E-state index contributed by atoms with van der Waals surface area (Å²) >= 11 is 11.8. The fourth-order valence-corrected chi connectivity index (χ4v) is 2.94. The molecule has 0 atom stereocenters. The van der Waals surface area contributed by atoms with Crippen molar-refractivity contribution in [1.29, 1.82) is 0 Å². The van der Waals surface area contributed by atoms with Crippen LogP contribution in [0.15, 0.2) is 47.3 Å². The number of H-pyrrole nitrogens is 1. The van der Waals surface area contributed by atoms with Gasteiger partial charge in [-0.15, -0.1) is 0 Å². The van der Waals surface area contributed by atoms with Crippen molar-refractivity contribution in [2.75, 3.05) is 10.6 Å². The summed E-state index contributed by atoms with van der Waals surface area (Å²) in [6, 6.07) is 10.1. The summed E-state index contributed by atoms with van der Waals surface area (Å²) in [5.41, 5.74) is -0.750. The summed E-state index contributed by atoms with van der Waals surface area (Å²) in [6.45, 7) is 0. The number of nitrogens with zero attached hydrogens (tertiary/aromatic N) is 1. The van der Waals surface area contributed by atoms with Crippen molar-refractivity contribution in [3.8, 4) is 17.1 Å². The molecule has 1 aromatic heterocycles. The van der Waals surface area contributed by atoms with Gasteiger partial charge in [-0.05, 0) is 30.3 Å². The second-order valence-corrected chi connectivity index (χ2v) is 6.61. The van der Waals surface area contributed by atoms with Crippen LogP contribution >= 0.6 is 23.2 Å². The Bertz CT molecular complexity index is 1160. The van der Waals surface area contributed by atoms with Crippen molar-refractivity contribution in [1.82, 2.24) is 9.97 Å². The first-order chi connectivity index (χ1) is 13.7. The van der Waals surface area contributed by atoms with Crippen LogP contribution in [0.5, 0.6) is 5.75 Å². The monoisotopic (exact) mass is 434 g/mol. The Morgan fingerprint density at radius 3 is 2.31 bits per heavy atom. The SMILES string of the molecule is O=C(Nc1cc(Cl)cc(Cl)c1)Nc1cccc(-c2nc(C(=O)O)c(O)c(=O)[nH]2)c1. The van der Waals surface area contributed by atoms with E-state index in [0.29, 0.717) is 27.0 Å². The van der Waals surface area contributed by atoms with Crippen LogP contribution in [0.25, 0.3) is 11.4 Å². The second kappa shape index (κ2) is 8.21. The van der Waals surface area contributed by atoms with E-state index in [2.05, 4.69) is 20.6 Å². The number of urea groups is 1. The molecule has 1 heterocycles. The fraction of sp³-hybridized carbons (Fsp3) is 0. The molecule has 0 saturated heterocycles. The maximum absolute atomic E-state index is 12.2. The zero-order chi connectivity index (χ0) is 21.1. The van der Waals surface area contributed by atoms with Crippen molar-refractivity contribution in [3.63, 3.8) is 0 Å². The number of carbonyl (C=O) groups excluding carboxylic acids is 1. The topological polar surface area (TPSA) is 144 Å². The van der Waals surface area contributed by atoms with E-state index in [4.69, 9.17) is 28.3 Å². The van der Waals surface area contributed by atoms with Gasteiger partial charge in [0.25, 0.3) is 5.56 Å². The minimum Gasteiger partial charge on any atom is -0.501 e.